The number of fused-ring (bicyclic) bond motifs is 4. The third kappa shape index (κ3) is 3.66. The highest BCUT2D eigenvalue weighted by Gasteiger charge is 2.76. The Morgan fingerprint density at radius 3 is 2.48 bits per heavy atom. The Morgan fingerprint density at radius 2 is 1.81 bits per heavy atom. The maximum Gasteiger partial charge on any atom is 0.335 e. The van der Waals surface area contributed by atoms with E-state index in [-0.39, 0.29) is 40.9 Å². The van der Waals surface area contributed by atoms with Crippen LogP contribution in [-0.4, -0.2) is 67.0 Å². The summed E-state index contributed by atoms with van der Waals surface area (Å²) in [5.41, 5.74) is 0.536. The van der Waals surface area contributed by atoms with Crippen molar-refractivity contribution in [3.05, 3.63) is 65.2 Å². The topological polar surface area (TPSA) is 142 Å². The summed E-state index contributed by atoms with van der Waals surface area (Å²) in [7, 11) is 1.43. The summed E-state index contributed by atoms with van der Waals surface area (Å²) in [5.74, 6) is -7.42. The SMILES string of the molecule is COc1ccc(O)c([C@H]2C3=CC[C@@H]4C(=O)N(c5cccc(C(=O)O)c5)C(=O)[C@@H]4[C@@H]3C[C@@]3(Cl)C(=O)N(CBr)C(=O)[C@@]23Cl)c1. The van der Waals surface area contributed by atoms with Crippen LogP contribution >= 0.6 is 39.1 Å². The summed E-state index contributed by atoms with van der Waals surface area (Å²) < 4.78 is 5.36. The quantitative estimate of drug-likeness (QED) is 0.209. The van der Waals surface area contributed by atoms with Crippen LogP contribution in [0.4, 0.5) is 5.69 Å². The molecule has 1 saturated carbocycles. The van der Waals surface area contributed by atoms with Crippen molar-refractivity contribution in [2.24, 2.45) is 17.8 Å². The molecule has 4 amide bonds. The molecule has 2 aliphatic carbocycles. The number of aromatic hydroxyl groups is 1. The fourth-order valence-corrected chi connectivity index (χ4v) is 8.44. The number of carboxylic acids is 1. The van der Waals surface area contributed by atoms with Crippen molar-refractivity contribution < 1.29 is 38.9 Å². The lowest BCUT2D eigenvalue weighted by molar-refractivity contribution is -0.138. The second-order valence-corrected chi connectivity index (χ2v) is 12.5. The van der Waals surface area contributed by atoms with Gasteiger partial charge in [-0.1, -0.05) is 33.6 Å². The molecule has 2 heterocycles. The van der Waals surface area contributed by atoms with E-state index in [1.165, 1.54) is 49.6 Å². The molecule has 10 nitrogen and oxygen atoms in total. The predicted molar refractivity (Wildman–Crippen MR) is 154 cm³/mol. The number of ether oxygens (including phenoxy) is 1. The number of hydrogen-bond acceptors (Lipinski definition) is 7. The number of likely N-dealkylation sites (tertiary alicyclic amines) is 1. The molecule has 2 saturated heterocycles. The highest BCUT2D eigenvalue weighted by Crippen LogP contribution is 2.66. The number of carbonyl (C=O) groups is 5. The number of carboxylic acid groups (broad SMARTS) is 1. The third-order valence-corrected chi connectivity index (χ3v) is 10.8. The molecule has 0 unspecified atom stereocenters. The van der Waals surface area contributed by atoms with Crippen LogP contribution in [0.2, 0.25) is 0 Å². The van der Waals surface area contributed by atoms with Gasteiger partial charge in [-0.2, -0.15) is 0 Å². The number of benzene rings is 2. The molecule has 2 aromatic rings. The van der Waals surface area contributed by atoms with E-state index in [0.717, 1.165) is 9.80 Å². The lowest BCUT2D eigenvalue weighted by Gasteiger charge is -2.50. The van der Waals surface area contributed by atoms with Crippen molar-refractivity contribution in [2.45, 2.75) is 28.5 Å². The molecule has 4 aliphatic rings. The molecule has 42 heavy (non-hydrogen) atoms. The Bertz CT molecular complexity index is 1630. The molecule has 0 aromatic heterocycles. The van der Waals surface area contributed by atoms with Crippen LogP contribution in [0.3, 0.4) is 0 Å². The zero-order valence-electron chi connectivity index (χ0n) is 21.9. The van der Waals surface area contributed by atoms with Gasteiger partial charge in [0.15, 0.2) is 9.75 Å². The first kappa shape index (κ1) is 28.7. The van der Waals surface area contributed by atoms with E-state index in [2.05, 4.69) is 15.9 Å². The van der Waals surface area contributed by atoms with Crippen LogP contribution in [-0.2, 0) is 19.2 Å². The summed E-state index contributed by atoms with van der Waals surface area (Å²) >= 11 is 17.5. The largest absolute Gasteiger partial charge is 0.508 e. The lowest BCUT2D eigenvalue weighted by atomic mass is 9.56. The van der Waals surface area contributed by atoms with Gasteiger partial charge in [0.2, 0.25) is 11.8 Å². The first-order valence-corrected chi connectivity index (χ1v) is 14.9. The average Bonchev–Trinajstić information content (AvgIpc) is 3.31. The van der Waals surface area contributed by atoms with Gasteiger partial charge < -0.3 is 14.9 Å². The number of nitrogens with zero attached hydrogens (tertiary/aromatic N) is 2. The van der Waals surface area contributed by atoms with Gasteiger partial charge >= 0.3 is 5.97 Å². The molecule has 6 atom stereocenters. The van der Waals surface area contributed by atoms with E-state index >= 15 is 0 Å². The molecule has 2 aromatic carbocycles. The van der Waals surface area contributed by atoms with Gasteiger partial charge in [-0.05, 0) is 55.2 Å². The summed E-state index contributed by atoms with van der Waals surface area (Å²) in [6.45, 7) is 0. The molecule has 3 fully saturated rings. The van der Waals surface area contributed by atoms with Gasteiger partial charge in [-0.15, -0.1) is 23.2 Å². The standard InChI is InChI=1S/C29H23BrCl2N2O8/c1-42-15-5-8-20(35)18(10-15)22-16-6-7-17-21(19(16)11-28(31)26(40)33(12-30)27(41)29(22,28)32)24(37)34(23(17)36)14-4-2-3-13(9-14)25(38)39/h2-6,8-10,17,19,21-22,35H,7,11-12H2,1H3,(H,38,39)/t17-,19+,21-,22+,28+,29-/m0/s1. The Hall–Kier alpha value is -3.41. The van der Waals surface area contributed by atoms with Crippen molar-refractivity contribution in [3.8, 4) is 11.5 Å². The maximum absolute atomic E-state index is 14.1. The Morgan fingerprint density at radius 1 is 1.07 bits per heavy atom. The fraction of sp³-hybridized carbons (Fsp3) is 0.345. The minimum Gasteiger partial charge on any atom is -0.508 e. The number of methoxy groups -OCH3 is 1. The van der Waals surface area contributed by atoms with Crippen LogP contribution < -0.4 is 9.64 Å². The first-order valence-electron chi connectivity index (χ1n) is 13.0. The molecule has 0 bridgehead atoms. The van der Waals surface area contributed by atoms with Crippen molar-refractivity contribution in [2.75, 3.05) is 17.5 Å². The zero-order valence-corrected chi connectivity index (χ0v) is 25.0. The van der Waals surface area contributed by atoms with Crippen LogP contribution in [0.1, 0.15) is 34.7 Å². The fourth-order valence-electron chi connectivity index (χ4n) is 7.02. The minimum absolute atomic E-state index is 0.0930. The molecule has 13 heteroatoms. The average molecular weight is 678 g/mol. The van der Waals surface area contributed by atoms with Crippen LogP contribution in [0, 0.1) is 17.8 Å². The Balaban J connectivity index is 1.52. The lowest BCUT2D eigenvalue weighted by Crippen LogP contribution is -2.60. The number of allylic oxidation sites excluding steroid dienone is 2. The van der Waals surface area contributed by atoms with Crippen molar-refractivity contribution in [1.29, 1.82) is 0 Å². The highest BCUT2D eigenvalue weighted by molar-refractivity contribution is 9.09. The number of rotatable bonds is 5. The molecule has 2 aliphatic heterocycles. The normalized spacial score (nSPS) is 32.0. The van der Waals surface area contributed by atoms with Gasteiger partial charge in [0.1, 0.15) is 11.5 Å². The van der Waals surface area contributed by atoms with Crippen LogP contribution in [0.5, 0.6) is 11.5 Å². The maximum atomic E-state index is 14.1. The molecule has 0 spiro atoms. The Kier molecular flexibility index (Phi) is 6.71. The number of aromatic carboxylic acids is 1. The Labute approximate surface area is 257 Å². The third-order valence-electron chi connectivity index (χ3n) is 8.91. The monoisotopic (exact) mass is 676 g/mol. The molecular weight excluding hydrogens is 655 g/mol. The number of imide groups is 2. The number of hydrogen-bond donors (Lipinski definition) is 2. The van der Waals surface area contributed by atoms with E-state index in [1.54, 1.807) is 6.08 Å². The smallest absolute Gasteiger partial charge is 0.335 e. The number of halogens is 3. The summed E-state index contributed by atoms with van der Waals surface area (Å²) in [5, 5.41) is 20.5. The number of anilines is 1. The van der Waals surface area contributed by atoms with E-state index < -0.39 is 63.0 Å². The van der Waals surface area contributed by atoms with Gasteiger partial charge in [-0.25, -0.2) is 4.79 Å². The zero-order chi connectivity index (χ0) is 30.3. The molecular formula is C29H23BrCl2N2O8. The van der Waals surface area contributed by atoms with Gasteiger partial charge in [0.05, 0.1) is 35.7 Å². The number of carbonyl (C=O) groups excluding carboxylic acids is 4. The minimum atomic E-state index is -2.07. The van der Waals surface area contributed by atoms with Crippen molar-refractivity contribution in [1.82, 2.24) is 4.90 Å². The molecule has 0 radical (unpaired) electrons. The van der Waals surface area contributed by atoms with E-state index in [1.807, 2.05) is 0 Å². The second-order valence-electron chi connectivity index (χ2n) is 10.8. The van der Waals surface area contributed by atoms with Gasteiger partial charge in [-0.3, -0.25) is 29.0 Å². The predicted octanol–water partition coefficient (Wildman–Crippen LogP) is 4.01. The molecule has 218 valence electrons. The van der Waals surface area contributed by atoms with Crippen molar-refractivity contribution >= 4 is 74.4 Å². The highest BCUT2D eigenvalue weighted by atomic mass is 79.9. The summed E-state index contributed by atoms with van der Waals surface area (Å²) in [6.07, 6.45) is 1.64. The summed E-state index contributed by atoms with van der Waals surface area (Å²) in [4.78, 5) is 64.6. The number of amides is 4. The van der Waals surface area contributed by atoms with E-state index in [0.29, 0.717) is 11.3 Å². The van der Waals surface area contributed by atoms with E-state index in [4.69, 9.17) is 27.9 Å². The van der Waals surface area contributed by atoms with Crippen LogP contribution in [0.25, 0.3) is 0 Å². The number of alkyl halides is 3. The first-order chi connectivity index (χ1) is 19.9. The van der Waals surface area contributed by atoms with Gasteiger partial charge in [0, 0.05) is 11.5 Å². The number of phenols is 1. The van der Waals surface area contributed by atoms with Crippen LogP contribution in [0.15, 0.2) is 54.1 Å². The van der Waals surface area contributed by atoms with E-state index in [9.17, 15) is 34.2 Å². The van der Waals surface area contributed by atoms with Gasteiger partial charge in [0.25, 0.3) is 11.8 Å². The number of phenolic OH excluding ortho intramolecular Hbond substituents is 1. The summed E-state index contributed by atoms with van der Waals surface area (Å²) in [6, 6.07) is 9.94. The van der Waals surface area contributed by atoms with Crippen molar-refractivity contribution in [3.63, 3.8) is 0 Å². The molecule has 6 rings (SSSR count). The second kappa shape index (κ2) is 9.82. The molecule has 2 N–H and O–H groups in total.